The Morgan fingerprint density at radius 3 is 2.39 bits per heavy atom. The fraction of sp³-hybridized carbons (Fsp3) is 0.130. The number of para-hydroxylation sites is 1. The molecule has 0 aliphatic rings. The lowest BCUT2D eigenvalue weighted by molar-refractivity contribution is -0.116. The molecule has 0 aliphatic carbocycles. The number of nitrogens with zero attached hydrogens (tertiary/aromatic N) is 3. The zero-order valence-corrected chi connectivity index (χ0v) is 18.5. The molecule has 0 radical (unpaired) electrons. The number of anilines is 1. The number of carbonyl (C=O) groups is 1. The van der Waals surface area contributed by atoms with E-state index in [-0.39, 0.29) is 5.65 Å². The first-order valence-electron chi connectivity index (χ1n) is 9.60. The Kier molecular flexibility index (Phi) is 5.56. The molecule has 0 atom stereocenters. The molecule has 156 valence electrons. The van der Waals surface area contributed by atoms with Crippen LogP contribution in [0.25, 0.3) is 16.7 Å². The first-order chi connectivity index (χ1) is 14.8. The van der Waals surface area contributed by atoms with Crippen LogP contribution in [0.3, 0.4) is 0 Å². The average molecular weight is 479 g/mol. The summed E-state index contributed by atoms with van der Waals surface area (Å²) in [5.74, 6) is -0.474. The van der Waals surface area contributed by atoms with Gasteiger partial charge in [-0.15, -0.1) is 0 Å². The van der Waals surface area contributed by atoms with Gasteiger partial charge in [-0.05, 0) is 61.9 Å². The minimum Gasteiger partial charge on any atom is -0.325 e. The summed E-state index contributed by atoms with van der Waals surface area (Å²) in [7, 11) is 0. The van der Waals surface area contributed by atoms with Crippen LogP contribution in [-0.4, -0.2) is 20.0 Å². The van der Waals surface area contributed by atoms with Crippen molar-refractivity contribution >= 4 is 38.6 Å². The lowest BCUT2D eigenvalue weighted by atomic mass is 10.1. The number of benzene rings is 2. The van der Waals surface area contributed by atoms with E-state index in [1.165, 1.54) is 4.57 Å². The number of rotatable bonds is 4. The van der Waals surface area contributed by atoms with Gasteiger partial charge in [0.2, 0.25) is 5.91 Å². The molecular formula is C23H19BrN4O3. The molecular weight excluding hydrogens is 460 g/mol. The van der Waals surface area contributed by atoms with Crippen molar-refractivity contribution in [3.05, 3.63) is 97.2 Å². The number of carbonyl (C=O) groups excluding carboxylic acids is 1. The highest BCUT2D eigenvalue weighted by Gasteiger charge is 2.19. The molecule has 4 aromatic rings. The van der Waals surface area contributed by atoms with Gasteiger partial charge in [-0.25, -0.2) is 18.9 Å². The quantitative estimate of drug-likeness (QED) is 0.485. The molecule has 1 amide bonds. The summed E-state index contributed by atoms with van der Waals surface area (Å²) in [6, 6.07) is 17.8. The molecule has 31 heavy (non-hydrogen) atoms. The predicted octanol–water partition coefficient (Wildman–Crippen LogP) is 3.57. The summed E-state index contributed by atoms with van der Waals surface area (Å²) in [6.07, 6.45) is 0. The number of hydrogen-bond acceptors (Lipinski definition) is 4. The SMILES string of the molecule is Cc1cc(C)c2c(=O)n(CC(=O)Nc3ccc(Br)cc3)c(=O)n(-c3ccccc3)c2n1. The third-order valence-corrected chi connectivity index (χ3v) is 5.39. The minimum atomic E-state index is -0.618. The minimum absolute atomic E-state index is 0.281. The summed E-state index contributed by atoms with van der Waals surface area (Å²) in [5, 5.41) is 3.03. The average Bonchev–Trinajstić information content (AvgIpc) is 2.73. The fourth-order valence-electron chi connectivity index (χ4n) is 3.50. The molecule has 0 unspecified atom stereocenters. The number of pyridine rings is 1. The number of hydrogen-bond donors (Lipinski definition) is 1. The van der Waals surface area contributed by atoms with Gasteiger partial charge in [-0.2, -0.15) is 0 Å². The highest BCUT2D eigenvalue weighted by atomic mass is 79.9. The molecule has 1 N–H and O–H groups in total. The van der Waals surface area contributed by atoms with Crippen molar-refractivity contribution in [1.29, 1.82) is 0 Å². The van der Waals surface area contributed by atoms with E-state index in [0.717, 1.165) is 9.04 Å². The van der Waals surface area contributed by atoms with E-state index in [0.29, 0.717) is 28.0 Å². The fourth-order valence-corrected chi connectivity index (χ4v) is 3.77. The van der Waals surface area contributed by atoms with Gasteiger partial charge in [0.25, 0.3) is 5.56 Å². The summed E-state index contributed by atoms with van der Waals surface area (Å²) >= 11 is 3.34. The second-order valence-corrected chi connectivity index (χ2v) is 8.09. The molecule has 2 aromatic heterocycles. The van der Waals surface area contributed by atoms with E-state index in [9.17, 15) is 14.4 Å². The van der Waals surface area contributed by atoms with Gasteiger partial charge >= 0.3 is 5.69 Å². The summed E-state index contributed by atoms with van der Waals surface area (Å²) < 4.78 is 3.21. The van der Waals surface area contributed by atoms with Crippen LogP contribution >= 0.6 is 15.9 Å². The molecule has 0 saturated heterocycles. The van der Waals surface area contributed by atoms with Gasteiger partial charge in [0.05, 0.1) is 11.1 Å². The van der Waals surface area contributed by atoms with Gasteiger partial charge in [0.15, 0.2) is 5.65 Å². The van der Waals surface area contributed by atoms with Crippen LogP contribution in [0.15, 0.2) is 74.7 Å². The number of amides is 1. The molecule has 7 nitrogen and oxygen atoms in total. The highest BCUT2D eigenvalue weighted by Crippen LogP contribution is 2.17. The molecule has 2 heterocycles. The van der Waals surface area contributed by atoms with E-state index in [2.05, 4.69) is 26.2 Å². The van der Waals surface area contributed by atoms with Crippen LogP contribution in [0, 0.1) is 13.8 Å². The molecule has 0 spiro atoms. The van der Waals surface area contributed by atoms with E-state index in [1.807, 2.05) is 13.0 Å². The van der Waals surface area contributed by atoms with Crippen LogP contribution in [0.1, 0.15) is 11.3 Å². The summed E-state index contributed by atoms with van der Waals surface area (Å²) in [5.41, 5.74) is 1.65. The number of aromatic nitrogens is 3. The van der Waals surface area contributed by atoms with Crippen LogP contribution in [0.5, 0.6) is 0 Å². The second-order valence-electron chi connectivity index (χ2n) is 7.18. The normalized spacial score (nSPS) is 10.9. The number of aryl methyl sites for hydroxylation is 2. The van der Waals surface area contributed by atoms with Gasteiger partial charge < -0.3 is 5.32 Å². The van der Waals surface area contributed by atoms with Gasteiger partial charge in [0, 0.05) is 15.9 Å². The predicted molar refractivity (Wildman–Crippen MR) is 124 cm³/mol. The molecule has 4 rings (SSSR count). The van der Waals surface area contributed by atoms with Crippen LogP contribution in [0.2, 0.25) is 0 Å². The van der Waals surface area contributed by atoms with Crippen molar-refractivity contribution in [2.24, 2.45) is 0 Å². The van der Waals surface area contributed by atoms with Crippen molar-refractivity contribution in [1.82, 2.24) is 14.1 Å². The molecule has 0 saturated carbocycles. The Balaban J connectivity index is 1.88. The maximum Gasteiger partial charge on any atom is 0.337 e. The topological polar surface area (TPSA) is 86.0 Å². The van der Waals surface area contributed by atoms with Crippen molar-refractivity contribution in [2.75, 3.05) is 5.32 Å². The molecule has 2 aromatic carbocycles. The van der Waals surface area contributed by atoms with Crippen molar-refractivity contribution < 1.29 is 4.79 Å². The Bertz CT molecular complexity index is 1410. The lowest BCUT2D eigenvalue weighted by Crippen LogP contribution is -2.42. The lowest BCUT2D eigenvalue weighted by Gasteiger charge is -2.15. The summed E-state index contributed by atoms with van der Waals surface area (Å²) in [6.45, 7) is 3.19. The molecule has 0 bridgehead atoms. The first-order valence-corrected chi connectivity index (χ1v) is 10.4. The largest absolute Gasteiger partial charge is 0.337 e. The van der Waals surface area contributed by atoms with E-state index in [4.69, 9.17) is 0 Å². The van der Waals surface area contributed by atoms with E-state index < -0.39 is 23.7 Å². The zero-order chi connectivity index (χ0) is 22.1. The number of fused-ring (bicyclic) bond motifs is 1. The Hall–Kier alpha value is -3.52. The van der Waals surface area contributed by atoms with Gasteiger partial charge in [-0.3, -0.25) is 9.59 Å². The van der Waals surface area contributed by atoms with E-state index in [1.54, 1.807) is 61.5 Å². The third-order valence-electron chi connectivity index (χ3n) is 4.86. The Morgan fingerprint density at radius 1 is 1.03 bits per heavy atom. The molecule has 8 heteroatoms. The standard InChI is InChI=1S/C23H19BrN4O3/c1-14-12-15(2)25-21-20(14)22(30)27(23(31)28(21)18-6-4-3-5-7-18)13-19(29)26-17-10-8-16(24)9-11-17/h3-12H,13H2,1-2H3,(H,26,29). The van der Waals surface area contributed by atoms with Gasteiger partial charge in [0.1, 0.15) is 6.54 Å². The Labute approximate surface area is 186 Å². The Morgan fingerprint density at radius 2 is 1.71 bits per heavy atom. The zero-order valence-electron chi connectivity index (χ0n) is 16.9. The van der Waals surface area contributed by atoms with Crippen molar-refractivity contribution in [2.45, 2.75) is 20.4 Å². The first kappa shape index (κ1) is 20.7. The number of halogens is 1. The summed E-state index contributed by atoms with van der Waals surface area (Å²) in [4.78, 5) is 43.7. The highest BCUT2D eigenvalue weighted by molar-refractivity contribution is 9.10. The van der Waals surface area contributed by atoms with Crippen LogP contribution < -0.4 is 16.6 Å². The maximum absolute atomic E-state index is 13.4. The second kappa shape index (κ2) is 8.31. The molecule has 0 aliphatic heterocycles. The third kappa shape index (κ3) is 4.06. The van der Waals surface area contributed by atoms with Crippen molar-refractivity contribution in [3.8, 4) is 5.69 Å². The van der Waals surface area contributed by atoms with Gasteiger partial charge in [-0.1, -0.05) is 34.1 Å². The monoisotopic (exact) mass is 478 g/mol. The van der Waals surface area contributed by atoms with Crippen molar-refractivity contribution in [3.63, 3.8) is 0 Å². The van der Waals surface area contributed by atoms with Crippen LogP contribution in [0.4, 0.5) is 5.69 Å². The number of nitrogens with one attached hydrogen (secondary N) is 1. The molecule has 0 fully saturated rings. The van der Waals surface area contributed by atoms with E-state index >= 15 is 0 Å². The maximum atomic E-state index is 13.4. The smallest absolute Gasteiger partial charge is 0.325 e. The van der Waals surface area contributed by atoms with Crippen LogP contribution in [-0.2, 0) is 11.3 Å².